The van der Waals surface area contributed by atoms with E-state index in [1.165, 1.54) is 0 Å². The Hall–Kier alpha value is -1.08. The topological polar surface area (TPSA) is 29.0 Å². The normalized spacial score (nSPS) is 8.92. The lowest BCUT2D eigenvalue weighted by atomic mass is 10.4. The van der Waals surface area contributed by atoms with E-state index in [1.807, 2.05) is 19.0 Å². The average Bonchev–Trinajstić information content (AvgIpc) is 2.04. The summed E-state index contributed by atoms with van der Waals surface area (Å²) in [5.41, 5.74) is 0.696. The third-order valence-electron chi connectivity index (χ3n) is 1.39. The van der Waals surface area contributed by atoms with Gasteiger partial charge in [-0.05, 0) is 28.8 Å². The summed E-state index contributed by atoms with van der Waals surface area (Å²) in [6, 6.07) is 0. The second kappa shape index (κ2) is 4.24. The van der Waals surface area contributed by atoms with Gasteiger partial charge in [-0.25, -0.2) is 9.97 Å². The quantitative estimate of drug-likeness (QED) is 0.699. The van der Waals surface area contributed by atoms with Crippen LogP contribution >= 0.6 is 15.9 Å². The largest absolute Gasteiger partial charge is 0.360 e. The van der Waals surface area contributed by atoms with Gasteiger partial charge in [0.2, 0.25) is 0 Å². The van der Waals surface area contributed by atoms with Crippen LogP contribution in [0, 0.1) is 11.8 Å². The summed E-state index contributed by atoms with van der Waals surface area (Å²) in [7, 11) is 3.83. The molecule has 0 aromatic carbocycles. The highest BCUT2D eigenvalue weighted by Crippen LogP contribution is 2.14. The van der Waals surface area contributed by atoms with Gasteiger partial charge in [0.05, 0.1) is 6.20 Å². The summed E-state index contributed by atoms with van der Waals surface area (Å²) >= 11 is 3.26. The van der Waals surface area contributed by atoms with Crippen LogP contribution in [0.2, 0.25) is 0 Å². The minimum atomic E-state index is 0.696. The van der Waals surface area contributed by atoms with Gasteiger partial charge in [0, 0.05) is 14.1 Å². The van der Waals surface area contributed by atoms with Crippen LogP contribution in [0.25, 0.3) is 0 Å². The molecule has 3 nitrogen and oxygen atoms in total. The molecular formula is C9H10BrN3. The Bertz CT molecular complexity index is 363. The molecule has 1 heterocycles. The first-order valence-corrected chi connectivity index (χ1v) is 4.57. The van der Waals surface area contributed by atoms with Crippen LogP contribution in [0.5, 0.6) is 0 Å². The highest BCUT2D eigenvalue weighted by atomic mass is 79.9. The average molecular weight is 240 g/mol. The Labute approximate surface area is 86.3 Å². The first-order chi connectivity index (χ1) is 6.15. The monoisotopic (exact) mass is 239 g/mol. The van der Waals surface area contributed by atoms with E-state index in [0.717, 1.165) is 5.82 Å². The molecule has 1 aromatic heterocycles. The van der Waals surface area contributed by atoms with Crippen molar-refractivity contribution in [2.24, 2.45) is 0 Å². The predicted molar refractivity (Wildman–Crippen MR) is 56.6 cm³/mol. The molecule has 0 fully saturated rings. The molecular weight excluding hydrogens is 230 g/mol. The lowest BCUT2D eigenvalue weighted by molar-refractivity contribution is 1.02. The standard InChI is InChI=1S/C9H10BrN3/c1-4-5-7-9(13(2)3)11-6-8(10)12-7/h6H,1-3H3. The van der Waals surface area contributed by atoms with Crippen molar-refractivity contribution in [2.75, 3.05) is 19.0 Å². The van der Waals surface area contributed by atoms with Crippen molar-refractivity contribution in [1.29, 1.82) is 0 Å². The zero-order valence-corrected chi connectivity index (χ0v) is 9.38. The van der Waals surface area contributed by atoms with Crippen molar-refractivity contribution in [3.05, 3.63) is 16.5 Å². The lowest BCUT2D eigenvalue weighted by Crippen LogP contribution is -2.13. The number of aromatic nitrogens is 2. The molecule has 1 rings (SSSR count). The van der Waals surface area contributed by atoms with E-state index in [1.54, 1.807) is 13.1 Å². The maximum absolute atomic E-state index is 4.22. The van der Waals surface area contributed by atoms with E-state index in [9.17, 15) is 0 Å². The molecule has 0 N–H and O–H groups in total. The van der Waals surface area contributed by atoms with E-state index in [2.05, 4.69) is 37.7 Å². The van der Waals surface area contributed by atoms with Crippen LogP contribution < -0.4 is 4.90 Å². The molecule has 0 amide bonds. The van der Waals surface area contributed by atoms with Crippen LogP contribution in [-0.2, 0) is 0 Å². The van der Waals surface area contributed by atoms with Crippen molar-refractivity contribution in [3.8, 4) is 11.8 Å². The Kier molecular flexibility index (Phi) is 3.26. The third-order valence-corrected chi connectivity index (χ3v) is 1.77. The number of halogens is 1. The second-order valence-corrected chi connectivity index (χ2v) is 3.45. The zero-order chi connectivity index (χ0) is 9.84. The molecule has 0 saturated carbocycles. The Morgan fingerprint density at radius 2 is 2.15 bits per heavy atom. The SMILES string of the molecule is CC#Cc1nc(Br)cnc1N(C)C. The molecule has 0 radical (unpaired) electrons. The lowest BCUT2D eigenvalue weighted by Gasteiger charge is -2.11. The summed E-state index contributed by atoms with van der Waals surface area (Å²) in [5.74, 6) is 6.50. The number of hydrogen-bond acceptors (Lipinski definition) is 3. The first-order valence-electron chi connectivity index (χ1n) is 3.77. The molecule has 0 bridgehead atoms. The Balaban J connectivity index is 3.24. The Morgan fingerprint density at radius 1 is 1.46 bits per heavy atom. The van der Waals surface area contributed by atoms with E-state index in [-0.39, 0.29) is 0 Å². The van der Waals surface area contributed by atoms with Gasteiger partial charge in [-0.1, -0.05) is 5.92 Å². The van der Waals surface area contributed by atoms with Gasteiger partial charge in [0.1, 0.15) is 4.60 Å². The van der Waals surface area contributed by atoms with Gasteiger partial charge >= 0.3 is 0 Å². The highest BCUT2D eigenvalue weighted by molar-refractivity contribution is 9.10. The molecule has 68 valence electrons. The zero-order valence-electron chi connectivity index (χ0n) is 7.80. The van der Waals surface area contributed by atoms with Gasteiger partial charge in [-0.3, -0.25) is 0 Å². The maximum Gasteiger partial charge on any atom is 0.162 e. The van der Waals surface area contributed by atoms with Gasteiger partial charge in [-0.2, -0.15) is 0 Å². The van der Waals surface area contributed by atoms with Gasteiger partial charge in [-0.15, -0.1) is 0 Å². The fraction of sp³-hybridized carbons (Fsp3) is 0.333. The Morgan fingerprint density at radius 3 is 2.69 bits per heavy atom. The highest BCUT2D eigenvalue weighted by Gasteiger charge is 2.05. The van der Waals surface area contributed by atoms with Crippen molar-refractivity contribution >= 4 is 21.7 Å². The van der Waals surface area contributed by atoms with E-state index in [4.69, 9.17) is 0 Å². The third kappa shape index (κ3) is 2.43. The molecule has 0 saturated heterocycles. The summed E-state index contributed by atoms with van der Waals surface area (Å²) in [6.45, 7) is 1.78. The number of nitrogens with zero attached hydrogens (tertiary/aromatic N) is 3. The molecule has 0 aliphatic rings. The van der Waals surface area contributed by atoms with E-state index < -0.39 is 0 Å². The van der Waals surface area contributed by atoms with Crippen molar-refractivity contribution in [3.63, 3.8) is 0 Å². The number of hydrogen-bond donors (Lipinski definition) is 0. The minimum Gasteiger partial charge on any atom is -0.360 e. The molecule has 1 aromatic rings. The van der Waals surface area contributed by atoms with Gasteiger partial charge in [0.25, 0.3) is 0 Å². The molecule has 0 aliphatic heterocycles. The van der Waals surface area contributed by atoms with E-state index in [0.29, 0.717) is 10.3 Å². The van der Waals surface area contributed by atoms with Crippen LogP contribution in [0.3, 0.4) is 0 Å². The van der Waals surface area contributed by atoms with Crippen LogP contribution in [0.1, 0.15) is 12.6 Å². The van der Waals surface area contributed by atoms with Gasteiger partial charge in [0.15, 0.2) is 11.5 Å². The molecule has 0 aliphatic carbocycles. The fourth-order valence-corrected chi connectivity index (χ4v) is 1.17. The van der Waals surface area contributed by atoms with Gasteiger partial charge < -0.3 is 4.90 Å². The van der Waals surface area contributed by atoms with Crippen molar-refractivity contribution < 1.29 is 0 Å². The summed E-state index contributed by atoms with van der Waals surface area (Å²) in [5, 5.41) is 0. The van der Waals surface area contributed by atoms with Crippen molar-refractivity contribution in [2.45, 2.75) is 6.92 Å². The first kappa shape index (κ1) is 10.0. The van der Waals surface area contributed by atoms with E-state index >= 15 is 0 Å². The number of anilines is 1. The van der Waals surface area contributed by atoms with Crippen molar-refractivity contribution in [1.82, 2.24) is 9.97 Å². The van der Waals surface area contributed by atoms with Crippen LogP contribution in [-0.4, -0.2) is 24.1 Å². The molecule has 13 heavy (non-hydrogen) atoms. The molecule has 0 atom stereocenters. The summed E-state index contributed by atoms with van der Waals surface area (Å²) in [4.78, 5) is 10.3. The fourth-order valence-electron chi connectivity index (χ4n) is 0.891. The summed E-state index contributed by atoms with van der Waals surface area (Å²) in [6.07, 6.45) is 1.66. The second-order valence-electron chi connectivity index (χ2n) is 2.63. The molecule has 0 spiro atoms. The van der Waals surface area contributed by atoms with Crippen LogP contribution in [0.4, 0.5) is 5.82 Å². The maximum atomic E-state index is 4.22. The van der Waals surface area contributed by atoms with Crippen LogP contribution in [0.15, 0.2) is 10.8 Å². The summed E-state index contributed by atoms with van der Waals surface area (Å²) < 4.78 is 0.704. The smallest absolute Gasteiger partial charge is 0.162 e. The molecule has 4 heteroatoms. The predicted octanol–water partition coefficient (Wildman–Crippen LogP) is 1.68. The molecule has 0 unspecified atom stereocenters. The minimum absolute atomic E-state index is 0.696. The number of rotatable bonds is 1.